The molecule has 0 unspecified atom stereocenters. The van der Waals surface area contributed by atoms with Crippen LogP contribution in [0.4, 0.5) is 0 Å². The van der Waals surface area contributed by atoms with E-state index in [9.17, 15) is 0 Å². The van der Waals surface area contributed by atoms with Gasteiger partial charge in [-0.2, -0.15) is 0 Å². The molecule has 0 fully saturated rings. The van der Waals surface area contributed by atoms with Crippen molar-refractivity contribution in [1.82, 2.24) is 9.97 Å². The highest BCUT2D eigenvalue weighted by molar-refractivity contribution is 6.24. The molecule has 426 valence electrons. The Labute approximate surface area is 470 Å². The van der Waals surface area contributed by atoms with Gasteiger partial charge in [0.25, 0.3) is 0 Å². The number of rotatable bonds is 38. The lowest BCUT2D eigenvalue weighted by atomic mass is 9.96. The minimum atomic E-state index is -0.150. The van der Waals surface area contributed by atoms with E-state index in [1.165, 1.54) is 0 Å². The van der Waals surface area contributed by atoms with Crippen molar-refractivity contribution in [2.75, 3.05) is 160 Å². The Bertz CT molecular complexity index is 2820. The second kappa shape index (κ2) is 36.1. The summed E-state index contributed by atoms with van der Waals surface area (Å²) >= 11 is 0. The lowest BCUT2D eigenvalue weighted by Gasteiger charge is -2.15. The third-order valence-electron chi connectivity index (χ3n) is 12.0. The van der Waals surface area contributed by atoms with Gasteiger partial charge in [-0.25, -0.2) is 9.97 Å². The van der Waals surface area contributed by atoms with E-state index in [1.807, 2.05) is 98.8 Å². The Hall–Kier alpha value is -6.32. The summed E-state index contributed by atoms with van der Waals surface area (Å²) in [5, 5.41) is 4.03. The van der Waals surface area contributed by atoms with Crippen LogP contribution in [-0.2, 0) is 56.8 Å². The van der Waals surface area contributed by atoms with Crippen molar-refractivity contribution in [3.63, 3.8) is 0 Å². The van der Waals surface area contributed by atoms with Crippen molar-refractivity contribution < 1.29 is 66.3 Å². The fourth-order valence-corrected chi connectivity index (χ4v) is 8.08. The third-order valence-corrected chi connectivity index (χ3v) is 12.0. The molecule has 0 amide bonds. The maximum Gasteiger partial charge on any atom is 0.119 e. The molecule has 7 aromatic rings. The number of hydrogen-bond donors (Lipinski definition) is 0. The minimum Gasteiger partial charge on any atom is -0.488 e. The summed E-state index contributed by atoms with van der Waals surface area (Å²) in [7, 11) is 3.30. The van der Waals surface area contributed by atoms with E-state index in [-0.39, 0.29) is 12.2 Å². The first-order valence-electron chi connectivity index (χ1n) is 27.4. The van der Waals surface area contributed by atoms with E-state index in [0.717, 1.165) is 77.4 Å². The zero-order valence-corrected chi connectivity index (χ0v) is 46.7. The van der Waals surface area contributed by atoms with E-state index < -0.39 is 0 Å². The first kappa shape index (κ1) is 61.3. The third kappa shape index (κ3) is 21.6. The average Bonchev–Trinajstić information content (AvgIpc) is 3.48. The normalized spacial score (nSPS) is 12.2. The van der Waals surface area contributed by atoms with Crippen LogP contribution in [0.5, 0.6) is 11.5 Å². The molecular weight excluding hydrogens is 1020 g/mol. The smallest absolute Gasteiger partial charge is 0.119 e. The second-order valence-electron chi connectivity index (χ2n) is 18.4. The lowest BCUT2D eigenvalue weighted by molar-refractivity contribution is -0.0193. The van der Waals surface area contributed by atoms with Gasteiger partial charge in [0.1, 0.15) is 23.7 Å². The Morgan fingerprint density at radius 2 is 0.613 bits per heavy atom. The molecule has 0 N–H and O–H groups in total. The fraction of sp³-hybridized carbons (Fsp3) is 0.438. The van der Waals surface area contributed by atoms with Gasteiger partial charge in [-0.3, -0.25) is 0 Å². The van der Waals surface area contributed by atoms with Crippen molar-refractivity contribution in [3.05, 3.63) is 131 Å². The number of benzene rings is 6. The summed E-state index contributed by atoms with van der Waals surface area (Å²) in [6.45, 7) is 15.1. The summed E-state index contributed by atoms with van der Waals surface area (Å²) in [5.41, 5.74) is 6.84. The molecule has 80 heavy (non-hydrogen) atoms. The molecule has 0 spiro atoms. The predicted molar refractivity (Wildman–Crippen MR) is 309 cm³/mol. The van der Waals surface area contributed by atoms with Crippen molar-refractivity contribution in [2.45, 2.75) is 26.1 Å². The van der Waals surface area contributed by atoms with Crippen LogP contribution in [0.25, 0.3) is 43.6 Å². The van der Waals surface area contributed by atoms with Crippen molar-refractivity contribution in [2.24, 2.45) is 0 Å². The number of hydrogen-bond acceptors (Lipinski definition) is 16. The van der Waals surface area contributed by atoms with Crippen LogP contribution < -0.4 is 9.47 Å². The Kier molecular flexibility index (Phi) is 27.7. The molecule has 0 aliphatic carbocycles. The highest BCUT2D eigenvalue weighted by Gasteiger charge is 2.14. The second-order valence-corrected chi connectivity index (χ2v) is 18.4. The lowest BCUT2D eigenvalue weighted by Crippen LogP contribution is -2.21. The number of fused-ring (bicyclic) bond motifs is 7. The van der Waals surface area contributed by atoms with Gasteiger partial charge >= 0.3 is 0 Å². The average molecular weight is 1100 g/mol. The number of para-hydroxylation sites is 2. The number of nitrogens with zero attached hydrogens (tertiary/aromatic N) is 2. The predicted octanol–water partition coefficient (Wildman–Crippen LogP) is 8.88. The topological polar surface area (TPSA) is 155 Å². The van der Waals surface area contributed by atoms with Gasteiger partial charge in [-0.05, 0) is 110 Å². The molecule has 16 nitrogen and oxygen atoms in total. The van der Waals surface area contributed by atoms with Gasteiger partial charge in [0.05, 0.1) is 167 Å². The maximum absolute atomic E-state index is 6.12. The van der Waals surface area contributed by atoms with Crippen molar-refractivity contribution in [1.29, 1.82) is 0 Å². The number of methoxy groups -OCH3 is 2. The van der Waals surface area contributed by atoms with E-state index in [4.69, 9.17) is 76.3 Å². The van der Waals surface area contributed by atoms with Gasteiger partial charge in [-0.1, -0.05) is 47.9 Å². The molecule has 6 aromatic carbocycles. The van der Waals surface area contributed by atoms with Crippen LogP contribution in [0, 0.1) is 23.7 Å². The molecule has 0 bridgehead atoms. The SMILES string of the molecule is COCCOCCOCCOCCOCCOC[C@H](C)Oc1ccc(C#Cc2ccc3c(c2)c2cc(C#Cc4ccc(O[C@@H](C)COCCOCCOCCOCCOCCOC)cc4)ccc2c2nc4ccccc4nc32)cc1. The Morgan fingerprint density at radius 1 is 0.325 bits per heavy atom. The molecule has 16 heteroatoms. The fourth-order valence-electron chi connectivity index (χ4n) is 8.08. The molecule has 0 saturated heterocycles. The standard InChI is InChI=1S/C64H76N2O14/c1-49(47-77-43-41-75-39-37-73-35-33-71-31-29-69-27-25-67-3)79-55-19-13-51(14-20-55)9-11-53-17-23-57-59(45-53)60-46-54(18-24-58(60)64-63(57)65-61-7-5-6-8-62(61)66-64)12-10-52-15-21-56(22-16-52)80-50(2)48-78-44-42-76-40-38-74-36-34-72-32-30-70-28-26-68-4/h5-8,13-24,45-46,49-50H,25-44,47-48H2,1-4H3/t49-,50-/m0/s1. The van der Waals surface area contributed by atoms with Gasteiger partial charge in [0.2, 0.25) is 0 Å². The monoisotopic (exact) mass is 1100 g/mol. The molecule has 1 aromatic heterocycles. The summed E-state index contributed by atoms with van der Waals surface area (Å²) in [6.07, 6.45) is -0.300. The van der Waals surface area contributed by atoms with E-state index in [0.29, 0.717) is 145 Å². The highest BCUT2D eigenvalue weighted by atomic mass is 16.6. The molecule has 7 rings (SSSR count). The van der Waals surface area contributed by atoms with Crippen LogP contribution in [-0.4, -0.2) is 182 Å². The quantitative estimate of drug-likeness (QED) is 0.0156. The van der Waals surface area contributed by atoms with E-state index >= 15 is 0 Å². The molecule has 1 heterocycles. The molecular formula is C64H76N2O14. The van der Waals surface area contributed by atoms with Gasteiger partial charge < -0.3 is 66.3 Å². The van der Waals surface area contributed by atoms with Gasteiger partial charge in [0.15, 0.2) is 0 Å². The zero-order valence-electron chi connectivity index (χ0n) is 46.7. The van der Waals surface area contributed by atoms with Crippen LogP contribution in [0.1, 0.15) is 36.1 Å². The van der Waals surface area contributed by atoms with Crippen LogP contribution in [0.2, 0.25) is 0 Å². The summed E-state index contributed by atoms with van der Waals surface area (Å²) in [4.78, 5) is 10.3. The van der Waals surface area contributed by atoms with Crippen molar-refractivity contribution in [3.8, 4) is 35.2 Å². The van der Waals surface area contributed by atoms with Crippen LogP contribution in [0.3, 0.4) is 0 Å². The summed E-state index contributed by atoms with van der Waals surface area (Å²) in [6, 6.07) is 36.1. The maximum atomic E-state index is 6.12. The van der Waals surface area contributed by atoms with E-state index in [1.54, 1.807) is 14.2 Å². The molecule has 0 saturated carbocycles. The minimum absolute atomic E-state index is 0.150. The van der Waals surface area contributed by atoms with Gasteiger partial charge in [0, 0.05) is 47.2 Å². The molecule has 0 radical (unpaired) electrons. The first-order valence-corrected chi connectivity index (χ1v) is 27.4. The number of ether oxygens (including phenoxy) is 14. The Morgan fingerprint density at radius 3 is 0.938 bits per heavy atom. The van der Waals surface area contributed by atoms with Crippen LogP contribution >= 0.6 is 0 Å². The highest BCUT2D eigenvalue weighted by Crippen LogP contribution is 2.35. The molecule has 2 atom stereocenters. The zero-order chi connectivity index (χ0) is 55.7. The van der Waals surface area contributed by atoms with Crippen molar-refractivity contribution >= 4 is 43.6 Å². The molecule has 0 aliphatic heterocycles. The van der Waals surface area contributed by atoms with E-state index in [2.05, 4.69) is 47.9 Å². The first-order chi connectivity index (χ1) is 39.5. The Balaban J connectivity index is 0.871. The largest absolute Gasteiger partial charge is 0.488 e. The van der Waals surface area contributed by atoms with Gasteiger partial charge in [-0.15, -0.1) is 0 Å². The molecule has 0 aliphatic rings. The number of aromatic nitrogens is 2. The van der Waals surface area contributed by atoms with Crippen LogP contribution in [0.15, 0.2) is 109 Å². The summed E-state index contributed by atoms with van der Waals surface area (Å²) in [5.74, 6) is 15.0. The summed E-state index contributed by atoms with van der Waals surface area (Å²) < 4.78 is 77.7.